The number of rotatable bonds is 6. The van der Waals surface area contributed by atoms with E-state index in [1.165, 1.54) is 28.6 Å². The monoisotopic (exact) mass is 507 g/mol. The van der Waals surface area contributed by atoms with Crippen LogP contribution in [-0.2, 0) is 29.7 Å². The van der Waals surface area contributed by atoms with Gasteiger partial charge >= 0.3 is 16.2 Å². The second kappa shape index (κ2) is 9.02. The molecular weight excluding hydrogens is 482 g/mol. The molecule has 0 bridgehead atoms. The topological polar surface area (TPSA) is 124 Å². The number of esters is 1. The lowest BCUT2D eigenvalue weighted by molar-refractivity contribution is 0.0593. The van der Waals surface area contributed by atoms with Crippen LogP contribution < -0.4 is 4.72 Å². The highest BCUT2D eigenvalue weighted by atomic mass is 32.2. The van der Waals surface area contributed by atoms with Crippen molar-refractivity contribution in [2.45, 2.75) is 18.7 Å². The average Bonchev–Trinajstić information content (AvgIpc) is 3.18. The largest absolute Gasteiger partial charge is 0.464 e. The van der Waals surface area contributed by atoms with Crippen LogP contribution >= 0.6 is 0 Å². The molecule has 0 aliphatic carbocycles. The van der Waals surface area contributed by atoms with Crippen molar-refractivity contribution in [2.75, 3.05) is 38.1 Å². The Bertz CT molecular complexity index is 1450. The Balaban J connectivity index is 1.89. The predicted molar refractivity (Wildman–Crippen MR) is 127 cm³/mol. The number of nitrogens with one attached hydrogen (secondary N) is 1. The normalized spacial score (nSPS) is 15.4. The van der Waals surface area contributed by atoms with E-state index in [1.807, 2.05) is 6.92 Å². The molecule has 1 N–H and O–H groups in total. The van der Waals surface area contributed by atoms with E-state index < -0.39 is 26.2 Å². The number of aromatic nitrogens is 1. The van der Waals surface area contributed by atoms with E-state index in [-0.39, 0.29) is 34.9 Å². The zero-order chi connectivity index (χ0) is 24.7. The maximum absolute atomic E-state index is 13.6. The molecule has 1 aliphatic rings. The molecule has 1 fully saturated rings. The first-order chi connectivity index (χ1) is 16.0. The second-order valence-electron chi connectivity index (χ2n) is 7.95. The quantitative estimate of drug-likeness (QED) is 0.508. The molecule has 0 amide bonds. The molecule has 3 aromatic rings. The molecule has 0 atom stereocenters. The van der Waals surface area contributed by atoms with Gasteiger partial charge in [0.2, 0.25) is 0 Å². The van der Waals surface area contributed by atoms with Gasteiger partial charge in [-0.15, -0.1) is 0 Å². The Hall–Kier alpha value is -2.93. The minimum atomic E-state index is -4.21. The summed E-state index contributed by atoms with van der Waals surface area (Å²) < 4.78 is 67.7. The minimum absolute atomic E-state index is 0.0169. The van der Waals surface area contributed by atoms with Gasteiger partial charge in [-0.2, -0.15) is 12.7 Å². The van der Waals surface area contributed by atoms with Gasteiger partial charge in [0, 0.05) is 18.5 Å². The lowest BCUT2D eigenvalue weighted by Gasteiger charge is -2.26. The number of carbonyl (C=O) groups is 1. The number of hydrogen-bond acceptors (Lipinski definition) is 7. The van der Waals surface area contributed by atoms with Gasteiger partial charge in [-0.05, 0) is 49.7 Å². The van der Waals surface area contributed by atoms with Gasteiger partial charge in [0.25, 0.3) is 10.0 Å². The number of anilines is 1. The van der Waals surface area contributed by atoms with Gasteiger partial charge in [-0.3, -0.25) is 4.72 Å². The zero-order valence-corrected chi connectivity index (χ0v) is 20.6. The number of methoxy groups -OCH3 is 1. The van der Waals surface area contributed by atoms with Crippen LogP contribution in [0.2, 0.25) is 0 Å². The van der Waals surface area contributed by atoms with Crippen LogP contribution in [0.25, 0.3) is 10.9 Å². The van der Waals surface area contributed by atoms with Gasteiger partial charge in [0.1, 0.15) is 5.69 Å². The molecule has 0 spiro atoms. The van der Waals surface area contributed by atoms with Crippen molar-refractivity contribution in [1.82, 2.24) is 8.28 Å². The number of hydrogen-bond donors (Lipinski definition) is 1. The number of nitrogens with zero attached hydrogens (tertiary/aromatic N) is 2. The van der Waals surface area contributed by atoms with Gasteiger partial charge in [0.05, 0.1) is 36.4 Å². The Morgan fingerprint density at radius 2 is 1.65 bits per heavy atom. The number of benzene rings is 2. The van der Waals surface area contributed by atoms with Gasteiger partial charge in [-0.1, -0.05) is 17.7 Å². The number of carbonyl (C=O) groups excluding carboxylic acids is 1. The Kier molecular flexibility index (Phi) is 6.42. The molecule has 4 rings (SSSR count). The van der Waals surface area contributed by atoms with Crippen molar-refractivity contribution in [1.29, 1.82) is 0 Å². The summed E-state index contributed by atoms with van der Waals surface area (Å²) in [6.45, 7) is 4.53. The minimum Gasteiger partial charge on any atom is -0.464 e. The number of fused-ring (bicyclic) bond motifs is 1. The molecule has 0 radical (unpaired) electrons. The third-order valence-electron chi connectivity index (χ3n) is 5.61. The SMILES string of the molecule is COC(=O)c1cc2cc(C)c(NS(=O)(=O)N3CCOCC3)cc2n1S(=O)(=O)c1ccc(C)cc1. The molecule has 10 nitrogen and oxygen atoms in total. The molecule has 12 heteroatoms. The predicted octanol–water partition coefficient (Wildman–Crippen LogP) is 2.27. The molecule has 182 valence electrons. The summed E-state index contributed by atoms with van der Waals surface area (Å²) in [7, 11) is -6.94. The standard InChI is InChI=1S/C22H25N3O7S2/c1-15-4-6-18(7-5-15)33(27,28)25-20-14-19(23-34(29,30)24-8-10-32-11-9-24)16(2)12-17(20)13-21(25)22(26)31-3/h4-7,12-14,23H,8-11H2,1-3H3. The van der Waals surface area contributed by atoms with E-state index in [9.17, 15) is 21.6 Å². The fourth-order valence-corrected chi connectivity index (χ4v) is 6.52. The van der Waals surface area contributed by atoms with Gasteiger partial charge in [0.15, 0.2) is 0 Å². The third kappa shape index (κ3) is 4.41. The molecule has 1 saturated heterocycles. The third-order valence-corrected chi connectivity index (χ3v) is 8.87. The highest BCUT2D eigenvalue weighted by Crippen LogP contribution is 2.31. The van der Waals surface area contributed by atoms with E-state index >= 15 is 0 Å². The number of morpholine rings is 1. The summed E-state index contributed by atoms with van der Waals surface area (Å²) in [5.74, 6) is -0.833. The fourth-order valence-electron chi connectivity index (χ4n) is 3.77. The zero-order valence-electron chi connectivity index (χ0n) is 18.9. The Morgan fingerprint density at radius 1 is 1.00 bits per heavy atom. The number of ether oxygens (including phenoxy) is 2. The maximum Gasteiger partial charge on any atom is 0.355 e. The van der Waals surface area contributed by atoms with E-state index in [2.05, 4.69) is 4.72 Å². The van der Waals surface area contributed by atoms with Crippen LogP contribution in [0.4, 0.5) is 5.69 Å². The molecule has 0 unspecified atom stereocenters. The summed E-state index contributed by atoms with van der Waals surface area (Å²) >= 11 is 0. The maximum atomic E-state index is 13.6. The summed E-state index contributed by atoms with van der Waals surface area (Å²) in [6.07, 6.45) is 0. The van der Waals surface area contributed by atoms with Crippen molar-refractivity contribution < 1.29 is 31.1 Å². The van der Waals surface area contributed by atoms with Crippen molar-refractivity contribution in [2.24, 2.45) is 0 Å². The summed E-state index contributed by atoms with van der Waals surface area (Å²) in [4.78, 5) is 12.5. The van der Waals surface area contributed by atoms with Crippen LogP contribution in [0.5, 0.6) is 0 Å². The molecule has 0 saturated carbocycles. The van der Waals surface area contributed by atoms with Crippen molar-refractivity contribution in [3.63, 3.8) is 0 Å². The van der Waals surface area contributed by atoms with Crippen LogP contribution in [0.3, 0.4) is 0 Å². The summed E-state index contributed by atoms with van der Waals surface area (Å²) in [5, 5.41) is 0.447. The first-order valence-corrected chi connectivity index (χ1v) is 13.3. The molecule has 34 heavy (non-hydrogen) atoms. The molecule has 1 aliphatic heterocycles. The lowest BCUT2D eigenvalue weighted by Crippen LogP contribution is -2.43. The Labute approximate surface area is 198 Å². The van der Waals surface area contributed by atoms with Gasteiger partial charge in [-0.25, -0.2) is 17.2 Å². The van der Waals surface area contributed by atoms with Gasteiger partial charge < -0.3 is 9.47 Å². The van der Waals surface area contributed by atoms with Crippen molar-refractivity contribution in [3.8, 4) is 0 Å². The first-order valence-electron chi connectivity index (χ1n) is 10.5. The first kappa shape index (κ1) is 24.2. The summed E-state index contributed by atoms with van der Waals surface area (Å²) in [6, 6.07) is 10.7. The second-order valence-corrected chi connectivity index (χ2v) is 11.4. The Morgan fingerprint density at radius 3 is 2.26 bits per heavy atom. The van der Waals surface area contributed by atoms with Crippen LogP contribution in [-0.4, -0.2) is 64.5 Å². The van der Waals surface area contributed by atoms with E-state index in [0.717, 1.165) is 16.6 Å². The lowest BCUT2D eigenvalue weighted by atomic mass is 10.1. The van der Waals surface area contributed by atoms with Crippen LogP contribution in [0.15, 0.2) is 47.4 Å². The van der Waals surface area contributed by atoms with E-state index in [4.69, 9.17) is 9.47 Å². The van der Waals surface area contributed by atoms with E-state index in [0.29, 0.717) is 24.2 Å². The van der Waals surface area contributed by atoms with E-state index in [1.54, 1.807) is 25.1 Å². The average molecular weight is 508 g/mol. The number of aryl methyl sites for hydroxylation is 2. The van der Waals surface area contributed by atoms with Crippen molar-refractivity contribution >= 4 is 42.8 Å². The molecule has 2 aromatic carbocycles. The highest BCUT2D eigenvalue weighted by molar-refractivity contribution is 7.90. The molecule has 1 aromatic heterocycles. The fraction of sp³-hybridized carbons (Fsp3) is 0.318. The van der Waals surface area contributed by atoms with Crippen LogP contribution in [0.1, 0.15) is 21.6 Å². The molecule has 2 heterocycles. The molecular formula is C22H25N3O7S2. The van der Waals surface area contributed by atoms with Crippen molar-refractivity contribution in [3.05, 3.63) is 59.3 Å². The van der Waals surface area contributed by atoms with Crippen LogP contribution in [0, 0.1) is 13.8 Å². The smallest absolute Gasteiger partial charge is 0.355 e. The summed E-state index contributed by atoms with van der Waals surface area (Å²) in [5.41, 5.74) is 1.59. The highest BCUT2D eigenvalue weighted by Gasteiger charge is 2.29.